The summed E-state index contributed by atoms with van der Waals surface area (Å²) in [6.07, 6.45) is 0.681. The molecule has 0 aliphatic carbocycles. The van der Waals surface area contributed by atoms with Gasteiger partial charge in [-0.1, -0.05) is 13.8 Å². The number of hydrogen-bond acceptors (Lipinski definition) is 11. The molecule has 0 spiro atoms. The highest BCUT2D eigenvalue weighted by molar-refractivity contribution is 5.97. The van der Waals surface area contributed by atoms with Gasteiger partial charge in [0.15, 0.2) is 0 Å². The number of carbonyl (C=O) groups excluding carboxylic acids is 7. The predicted octanol–water partition coefficient (Wildman–Crippen LogP) is -3.48. The maximum atomic E-state index is 13.7. The standard InChI is InChI=1S/C32H58N10O10/c1-18(2)14-23-30(50)37-19(17-43)15-25(44)38-20(8-3-5-11-33)27(47)42-24(16-26(45)46)31(51)40-21(9-4-6-12-34)28(48)39-22(29(49)41-23)10-7-13-36-32(35)52/h18-24,43H,3-17,33-34H2,1-2H3,(H,37,50)(H,38,44)(H,39,48)(H,40,51)(H,41,49)(H,42,47)(H,45,46)(H3,35,36,52)/t19-,20+,21+,22+,23+,24+/m1/s1. The lowest BCUT2D eigenvalue weighted by Gasteiger charge is -2.27. The van der Waals surface area contributed by atoms with Crippen LogP contribution in [-0.4, -0.2) is 120 Å². The maximum absolute atomic E-state index is 13.7. The summed E-state index contributed by atoms with van der Waals surface area (Å²) < 4.78 is 0. The van der Waals surface area contributed by atoms with Crippen LogP contribution in [-0.2, 0) is 33.6 Å². The zero-order valence-corrected chi connectivity index (χ0v) is 30.0. The quantitative estimate of drug-likeness (QED) is 0.0647. The molecule has 1 heterocycles. The first-order valence-corrected chi connectivity index (χ1v) is 17.7. The summed E-state index contributed by atoms with van der Waals surface area (Å²) in [6.45, 7) is 3.54. The maximum Gasteiger partial charge on any atom is 0.312 e. The number of hydrogen-bond donors (Lipinski definition) is 12. The second-order valence-corrected chi connectivity index (χ2v) is 13.2. The molecule has 0 radical (unpaired) electrons. The number of rotatable bonds is 17. The van der Waals surface area contributed by atoms with Gasteiger partial charge in [0.25, 0.3) is 0 Å². The molecule has 52 heavy (non-hydrogen) atoms. The molecule has 0 aromatic heterocycles. The average molecular weight is 743 g/mol. The normalized spacial score (nSPS) is 24.2. The summed E-state index contributed by atoms with van der Waals surface area (Å²) in [4.78, 5) is 104. The molecule has 1 rings (SSSR count). The first-order valence-electron chi connectivity index (χ1n) is 17.7. The molecule has 0 bridgehead atoms. The van der Waals surface area contributed by atoms with E-state index in [0.29, 0.717) is 25.7 Å². The lowest BCUT2D eigenvalue weighted by atomic mass is 10.0. The highest BCUT2D eigenvalue weighted by Gasteiger charge is 2.34. The van der Waals surface area contributed by atoms with E-state index in [1.54, 1.807) is 0 Å². The van der Waals surface area contributed by atoms with E-state index in [1.165, 1.54) is 0 Å². The number of aliphatic hydroxyl groups excluding tert-OH is 1. The third-order valence-corrected chi connectivity index (χ3v) is 8.13. The Morgan fingerprint density at radius 1 is 0.692 bits per heavy atom. The van der Waals surface area contributed by atoms with E-state index in [4.69, 9.17) is 17.2 Å². The second-order valence-electron chi connectivity index (χ2n) is 13.2. The van der Waals surface area contributed by atoms with E-state index in [0.717, 1.165) is 0 Å². The Morgan fingerprint density at radius 2 is 1.13 bits per heavy atom. The summed E-state index contributed by atoms with van der Waals surface area (Å²) in [5.41, 5.74) is 16.4. The van der Waals surface area contributed by atoms with E-state index in [2.05, 4.69) is 37.2 Å². The Balaban J connectivity index is 3.68. The third kappa shape index (κ3) is 18.1. The van der Waals surface area contributed by atoms with Crippen LogP contribution in [0.4, 0.5) is 4.79 Å². The van der Waals surface area contributed by atoms with Gasteiger partial charge in [-0.05, 0) is 76.8 Å². The van der Waals surface area contributed by atoms with Crippen molar-refractivity contribution < 1.29 is 48.6 Å². The SMILES string of the molecule is CC(C)C[C@@H]1NC(=O)[C@H](CCCNC(N)=O)NC(=O)[C@H](CCCCN)NC(=O)[C@H](CC(=O)O)NC(=O)[C@H](CCCCN)NC(=O)C[C@H](CO)NC1=O. The molecule has 20 nitrogen and oxygen atoms in total. The average Bonchev–Trinajstić information content (AvgIpc) is 3.06. The zero-order valence-electron chi connectivity index (χ0n) is 30.0. The number of carbonyl (C=O) groups is 8. The van der Waals surface area contributed by atoms with E-state index in [9.17, 15) is 48.6 Å². The van der Waals surface area contributed by atoms with Crippen LogP contribution in [0.15, 0.2) is 0 Å². The van der Waals surface area contributed by atoms with Gasteiger partial charge >= 0.3 is 12.0 Å². The number of aliphatic hydroxyl groups is 1. The third-order valence-electron chi connectivity index (χ3n) is 8.13. The Hall–Kier alpha value is -4.56. The van der Waals surface area contributed by atoms with Gasteiger partial charge in [0.05, 0.1) is 19.1 Å². The molecule has 1 aliphatic rings. The van der Waals surface area contributed by atoms with Crippen LogP contribution >= 0.6 is 0 Å². The Bertz CT molecular complexity index is 1220. The van der Waals surface area contributed by atoms with E-state index in [1.807, 2.05) is 13.8 Å². The number of carboxylic acid groups (broad SMARTS) is 1. The Kier molecular flexibility index (Phi) is 21.5. The topological polar surface area (TPSA) is 339 Å². The monoisotopic (exact) mass is 742 g/mol. The molecular formula is C32H58N10O10. The van der Waals surface area contributed by atoms with Gasteiger partial charge < -0.3 is 64.6 Å². The largest absolute Gasteiger partial charge is 0.481 e. The minimum atomic E-state index is -1.67. The molecule has 0 aromatic carbocycles. The van der Waals surface area contributed by atoms with Gasteiger partial charge in [0.1, 0.15) is 30.2 Å². The van der Waals surface area contributed by atoms with Crippen molar-refractivity contribution in [3.63, 3.8) is 0 Å². The number of primary amides is 1. The van der Waals surface area contributed by atoms with Crippen molar-refractivity contribution >= 4 is 47.4 Å². The number of nitrogens with two attached hydrogens (primary N) is 3. The molecule has 1 saturated heterocycles. The van der Waals surface area contributed by atoms with Crippen LogP contribution in [0.3, 0.4) is 0 Å². The lowest BCUT2D eigenvalue weighted by molar-refractivity contribution is -0.141. The van der Waals surface area contributed by atoms with Crippen LogP contribution in [0.25, 0.3) is 0 Å². The van der Waals surface area contributed by atoms with Crippen molar-refractivity contribution in [3.8, 4) is 0 Å². The van der Waals surface area contributed by atoms with Crippen molar-refractivity contribution in [2.75, 3.05) is 26.2 Å². The number of carboxylic acids is 1. The minimum absolute atomic E-state index is 0.0266. The lowest BCUT2D eigenvalue weighted by Crippen LogP contribution is -2.59. The number of nitrogens with one attached hydrogen (secondary N) is 7. The number of amides is 8. The number of aliphatic carboxylic acids is 1. The molecule has 15 N–H and O–H groups in total. The van der Waals surface area contributed by atoms with Gasteiger partial charge in [-0.3, -0.25) is 33.6 Å². The molecule has 6 atom stereocenters. The molecule has 20 heteroatoms. The fourth-order valence-corrected chi connectivity index (χ4v) is 5.43. The summed E-state index contributed by atoms with van der Waals surface area (Å²) in [5.74, 6) is -6.49. The van der Waals surface area contributed by atoms with Crippen LogP contribution in [0.2, 0.25) is 0 Å². The summed E-state index contributed by atoms with van der Waals surface area (Å²) in [5, 5.41) is 37.2. The van der Waals surface area contributed by atoms with E-state index >= 15 is 0 Å². The molecule has 1 aliphatic heterocycles. The second kappa shape index (κ2) is 24.6. The van der Waals surface area contributed by atoms with Gasteiger partial charge in [-0.2, -0.15) is 0 Å². The summed E-state index contributed by atoms with van der Waals surface area (Å²) in [6, 6.07) is -8.63. The van der Waals surface area contributed by atoms with Crippen LogP contribution < -0.4 is 54.4 Å². The van der Waals surface area contributed by atoms with Crippen LogP contribution in [0, 0.1) is 5.92 Å². The van der Waals surface area contributed by atoms with E-state index in [-0.39, 0.29) is 57.7 Å². The molecule has 0 unspecified atom stereocenters. The van der Waals surface area contributed by atoms with Crippen molar-refractivity contribution in [3.05, 3.63) is 0 Å². The van der Waals surface area contributed by atoms with Crippen LogP contribution in [0.5, 0.6) is 0 Å². The highest BCUT2D eigenvalue weighted by atomic mass is 16.4. The molecule has 1 fully saturated rings. The Morgan fingerprint density at radius 3 is 1.60 bits per heavy atom. The minimum Gasteiger partial charge on any atom is -0.481 e. The van der Waals surface area contributed by atoms with Gasteiger partial charge in [-0.25, -0.2) is 4.79 Å². The fourth-order valence-electron chi connectivity index (χ4n) is 5.43. The first-order chi connectivity index (χ1) is 24.6. The van der Waals surface area contributed by atoms with Gasteiger partial charge in [-0.15, -0.1) is 0 Å². The molecule has 0 saturated carbocycles. The summed E-state index contributed by atoms with van der Waals surface area (Å²) in [7, 11) is 0. The number of urea groups is 1. The van der Waals surface area contributed by atoms with Gasteiger partial charge in [0.2, 0.25) is 35.4 Å². The molecule has 8 amide bonds. The fraction of sp³-hybridized carbons (Fsp3) is 0.750. The molecule has 296 valence electrons. The van der Waals surface area contributed by atoms with Crippen molar-refractivity contribution in [1.82, 2.24) is 37.2 Å². The van der Waals surface area contributed by atoms with Crippen molar-refractivity contribution in [2.24, 2.45) is 23.1 Å². The molecular weight excluding hydrogens is 684 g/mol. The molecule has 0 aromatic rings. The number of unbranched alkanes of at least 4 members (excludes halogenated alkanes) is 2. The summed E-state index contributed by atoms with van der Waals surface area (Å²) >= 11 is 0. The van der Waals surface area contributed by atoms with Crippen LogP contribution in [0.1, 0.15) is 84.5 Å². The van der Waals surface area contributed by atoms with Gasteiger partial charge in [0, 0.05) is 13.0 Å². The smallest absolute Gasteiger partial charge is 0.312 e. The Labute approximate surface area is 303 Å². The first kappa shape index (κ1) is 45.5. The zero-order chi connectivity index (χ0) is 39.2. The van der Waals surface area contributed by atoms with Crippen molar-refractivity contribution in [1.29, 1.82) is 0 Å². The van der Waals surface area contributed by atoms with E-state index < -0.39 is 103 Å². The van der Waals surface area contributed by atoms with Crippen molar-refractivity contribution in [2.45, 2.75) is 121 Å². The predicted molar refractivity (Wildman–Crippen MR) is 188 cm³/mol. The highest BCUT2D eigenvalue weighted by Crippen LogP contribution is 2.11.